The van der Waals surface area contributed by atoms with Crippen molar-refractivity contribution in [1.29, 1.82) is 0 Å². The quantitative estimate of drug-likeness (QED) is 0.792. The zero-order valence-corrected chi connectivity index (χ0v) is 12.6. The van der Waals surface area contributed by atoms with Crippen LogP contribution in [0.5, 0.6) is 0 Å². The van der Waals surface area contributed by atoms with Crippen molar-refractivity contribution in [3.05, 3.63) is 35.7 Å². The molecule has 0 spiro atoms. The second-order valence-corrected chi connectivity index (χ2v) is 5.86. The molecule has 108 valence electrons. The minimum absolute atomic E-state index is 0.188. The molecule has 1 aromatic heterocycles. The summed E-state index contributed by atoms with van der Waals surface area (Å²) in [7, 11) is 0. The molecule has 0 amide bonds. The van der Waals surface area contributed by atoms with E-state index >= 15 is 0 Å². The Morgan fingerprint density at radius 3 is 2.70 bits per heavy atom. The van der Waals surface area contributed by atoms with Crippen LogP contribution in [0.2, 0.25) is 0 Å². The highest BCUT2D eigenvalue weighted by atomic mass is 16.5. The third kappa shape index (κ3) is 3.00. The average Bonchev–Trinajstić information content (AvgIpc) is 2.85. The summed E-state index contributed by atoms with van der Waals surface area (Å²) in [5.41, 5.74) is 2.27. The molecular formula is C16H22N2O2. The van der Waals surface area contributed by atoms with E-state index in [1.807, 2.05) is 10.7 Å². The molecule has 0 aliphatic heterocycles. The van der Waals surface area contributed by atoms with Crippen LogP contribution >= 0.6 is 0 Å². The van der Waals surface area contributed by atoms with Crippen LogP contribution in [-0.4, -0.2) is 22.4 Å². The van der Waals surface area contributed by atoms with Crippen molar-refractivity contribution in [3.63, 3.8) is 0 Å². The molecule has 0 fully saturated rings. The number of aromatic nitrogens is 2. The van der Waals surface area contributed by atoms with E-state index in [-0.39, 0.29) is 11.5 Å². The highest BCUT2D eigenvalue weighted by molar-refractivity contribution is 5.89. The van der Waals surface area contributed by atoms with Crippen LogP contribution in [0.4, 0.5) is 0 Å². The van der Waals surface area contributed by atoms with Crippen molar-refractivity contribution in [2.45, 2.75) is 46.1 Å². The fraction of sp³-hybridized carbons (Fsp3) is 0.500. The van der Waals surface area contributed by atoms with E-state index in [4.69, 9.17) is 4.74 Å². The summed E-state index contributed by atoms with van der Waals surface area (Å²) < 4.78 is 6.95. The molecule has 1 aliphatic rings. The highest BCUT2D eigenvalue weighted by Crippen LogP contribution is 2.27. The average molecular weight is 274 g/mol. The van der Waals surface area contributed by atoms with Gasteiger partial charge in [0.1, 0.15) is 0 Å². The molecule has 0 N–H and O–H groups in total. The lowest BCUT2D eigenvalue weighted by atomic mass is 10.0. The molecule has 20 heavy (non-hydrogen) atoms. The SMILES string of the molecule is CCOC(=O)c1cc(C2=CCCC=C2)n(C(C)(C)C)n1. The number of hydrogen-bond donors (Lipinski definition) is 0. The van der Waals surface area contributed by atoms with Gasteiger partial charge in [-0.25, -0.2) is 4.79 Å². The van der Waals surface area contributed by atoms with E-state index in [9.17, 15) is 4.79 Å². The van der Waals surface area contributed by atoms with E-state index in [1.54, 1.807) is 6.92 Å². The lowest BCUT2D eigenvalue weighted by Gasteiger charge is -2.23. The molecular weight excluding hydrogens is 252 g/mol. The predicted octanol–water partition coefficient (Wildman–Crippen LogP) is 3.55. The van der Waals surface area contributed by atoms with Crippen LogP contribution in [0, 0.1) is 0 Å². The minimum atomic E-state index is -0.364. The fourth-order valence-corrected chi connectivity index (χ4v) is 2.21. The topological polar surface area (TPSA) is 44.1 Å². The summed E-state index contributed by atoms with van der Waals surface area (Å²) >= 11 is 0. The van der Waals surface area contributed by atoms with Gasteiger partial charge in [-0.1, -0.05) is 18.2 Å². The van der Waals surface area contributed by atoms with Gasteiger partial charge in [0.2, 0.25) is 0 Å². The van der Waals surface area contributed by atoms with Crippen molar-refractivity contribution < 1.29 is 9.53 Å². The maximum absolute atomic E-state index is 11.9. The Hall–Kier alpha value is -1.84. The number of allylic oxidation sites excluding steroid dienone is 4. The van der Waals surface area contributed by atoms with Gasteiger partial charge in [0, 0.05) is 0 Å². The van der Waals surface area contributed by atoms with E-state index < -0.39 is 0 Å². The van der Waals surface area contributed by atoms with Gasteiger partial charge in [-0.15, -0.1) is 0 Å². The Bertz CT molecular complexity index is 560. The number of hydrogen-bond acceptors (Lipinski definition) is 3. The number of carbonyl (C=O) groups is 1. The van der Waals surface area contributed by atoms with Crippen molar-refractivity contribution in [2.75, 3.05) is 6.61 Å². The first kappa shape index (κ1) is 14.6. The second kappa shape index (κ2) is 5.65. The molecule has 0 aromatic carbocycles. The van der Waals surface area contributed by atoms with Crippen molar-refractivity contribution >= 4 is 11.5 Å². The van der Waals surface area contributed by atoms with Crippen LogP contribution in [0.15, 0.2) is 24.3 Å². The maximum atomic E-state index is 11.9. The molecule has 2 rings (SSSR count). The Kier molecular flexibility index (Phi) is 4.12. The summed E-state index contributed by atoms with van der Waals surface area (Å²) in [5.74, 6) is -0.364. The van der Waals surface area contributed by atoms with Gasteiger partial charge in [0.15, 0.2) is 5.69 Å². The van der Waals surface area contributed by atoms with Gasteiger partial charge in [-0.2, -0.15) is 5.10 Å². The molecule has 4 heteroatoms. The molecule has 1 heterocycles. The molecule has 0 atom stereocenters. The van der Waals surface area contributed by atoms with Gasteiger partial charge in [-0.05, 0) is 52.2 Å². The normalized spacial score (nSPS) is 15.1. The van der Waals surface area contributed by atoms with Gasteiger partial charge in [-0.3, -0.25) is 4.68 Å². The largest absolute Gasteiger partial charge is 0.461 e. The van der Waals surface area contributed by atoms with Crippen LogP contribution in [0.25, 0.3) is 5.57 Å². The van der Waals surface area contributed by atoms with Crippen molar-refractivity contribution in [3.8, 4) is 0 Å². The van der Waals surface area contributed by atoms with Crippen molar-refractivity contribution in [1.82, 2.24) is 9.78 Å². The highest BCUT2D eigenvalue weighted by Gasteiger charge is 2.24. The number of esters is 1. The minimum Gasteiger partial charge on any atom is -0.461 e. The van der Waals surface area contributed by atoms with Gasteiger partial charge >= 0.3 is 5.97 Å². The summed E-state index contributed by atoms with van der Waals surface area (Å²) in [6.07, 6.45) is 8.53. The maximum Gasteiger partial charge on any atom is 0.358 e. The monoisotopic (exact) mass is 274 g/mol. The third-order valence-electron chi connectivity index (χ3n) is 3.12. The van der Waals surface area contributed by atoms with Crippen LogP contribution < -0.4 is 0 Å². The summed E-state index contributed by atoms with van der Waals surface area (Å²) in [5, 5.41) is 4.44. The lowest BCUT2D eigenvalue weighted by Crippen LogP contribution is -2.25. The predicted molar refractivity (Wildman–Crippen MR) is 79.5 cm³/mol. The van der Waals surface area contributed by atoms with Crippen molar-refractivity contribution in [2.24, 2.45) is 0 Å². The van der Waals surface area contributed by atoms with Gasteiger partial charge in [0.05, 0.1) is 17.8 Å². The van der Waals surface area contributed by atoms with E-state index in [2.05, 4.69) is 44.1 Å². The zero-order chi connectivity index (χ0) is 14.8. The van der Waals surface area contributed by atoms with Crippen LogP contribution in [0.1, 0.15) is 56.7 Å². The molecule has 0 unspecified atom stereocenters. The number of rotatable bonds is 3. The first-order valence-electron chi connectivity index (χ1n) is 7.08. The van der Waals surface area contributed by atoms with E-state index in [0.29, 0.717) is 12.3 Å². The summed E-state index contributed by atoms with van der Waals surface area (Å²) in [4.78, 5) is 11.9. The zero-order valence-electron chi connectivity index (χ0n) is 12.6. The third-order valence-corrected chi connectivity index (χ3v) is 3.12. The van der Waals surface area contributed by atoms with E-state index in [1.165, 1.54) is 0 Å². The van der Waals surface area contributed by atoms with Crippen LogP contribution in [0.3, 0.4) is 0 Å². The van der Waals surface area contributed by atoms with Crippen LogP contribution in [-0.2, 0) is 10.3 Å². The summed E-state index contributed by atoms with van der Waals surface area (Å²) in [6, 6.07) is 1.82. The number of carbonyl (C=O) groups excluding carboxylic acids is 1. The number of ether oxygens (including phenoxy) is 1. The second-order valence-electron chi connectivity index (χ2n) is 5.86. The Balaban J connectivity index is 2.46. The standard InChI is InChI=1S/C16H22N2O2/c1-5-20-15(19)13-11-14(12-9-7-6-8-10-12)18(17-13)16(2,3)4/h7,9-11H,5-6,8H2,1-4H3. The molecule has 1 aliphatic carbocycles. The Morgan fingerprint density at radius 2 is 2.15 bits per heavy atom. The van der Waals surface area contributed by atoms with Gasteiger partial charge in [0.25, 0.3) is 0 Å². The number of nitrogens with zero attached hydrogens (tertiary/aromatic N) is 2. The Labute approximate surface area is 120 Å². The summed E-state index contributed by atoms with van der Waals surface area (Å²) in [6.45, 7) is 8.38. The first-order valence-corrected chi connectivity index (χ1v) is 7.08. The van der Waals surface area contributed by atoms with E-state index in [0.717, 1.165) is 24.1 Å². The van der Waals surface area contributed by atoms with Gasteiger partial charge < -0.3 is 4.74 Å². The molecule has 0 bridgehead atoms. The molecule has 1 aromatic rings. The Morgan fingerprint density at radius 1 is 1.40 bits per heavy atom. The first-order chi connectivity index (χ1) is 9.43. The fourth-order valence-electron chi connectivity index (χ4n) is 2.21. The molecule has 0 radical (unpaired) electrons. The molecule has 4 nitrogen and oxygen atoms in total. The molecule has 0 saturated heterocycles. The lowest BCUT2D eigenvalue weighted by molar-refractivity contribution is 0.0517. The smallest absolute Gasteiger partial charge is 0.358 e. The molecule has 0 saturated carbocycles.